The zero-order valence-corrected chi connectivity index (χ0v) is 8.03. The van der Waals surface area contributed by atoms with E-state index in [4.69, 9.17) is 0 Å². The predicted octanol–water partition coefficient (Wildman–Crippen LogP) is 0.834. The average molecular weight is 180 g/mol. The topological polar surface area (TPSA) is 42.7 Å². The van der Waals surface area contributed by atoms with Gasteiger partial charge in [-0.1, -0.05) is 17.4 Å². The molecule has 0 saturated heterocycles. The minimum Gasteiger partial charge on any atom is -0.313 e. The lowest BCUT2D eigenvalue weighted by atomic mass is 10.3. The molecule has 1 heterocycles. The van der Waals surface area contributed by atoms with Crippen molar-refractivity contribution in [2.45, 2.75) is 19.9 Å². The summed E-state index contributed by atoms with van der Waals surface area (Å²) in [5.41, 5.74) is 1.17. The third-order valence-electron chi connectivity index (χ3n) is 1.64. The summed E-state index contributed by atoms with van der Waals surface area (Å²) in [5.74, 6) is 0. The molecule has 0 amide bonds. The fourth-order valence-corrected chi connectivity index (χ4v) is 1.02. The van der Waals surface area contributed by atoms with Gasteiger partial charge in [-0.15, -0.1) is 5.10 Å². The summed E-state index contributed by atoms with van der Waals surface area (Å²) >= 11 is 0. The van der Waals surface area contributed by atoms with Gasteiger partial charge in [0.1, 0.15) is 0 Å². The third kappa shape index (κ3) is 4.42. The van der Waals surface area contributed by atoms with E-state index in [2.05, 4.69) is 22.2 Å². The van der Waals surface area contributed by atoms with Crippen LogP contribution in [0.15, 0.2) is 24.5 Å². The first-order valence-corrected chi connectivity index (χ1v) is 4.48. The summed E-state index contributed by atoms with van der Waals surface area (Å²) in [4.78, 5) is 0. The molecular formula is C9H16N4. The van der Waals surface area contributed by atoms with Crippen LogP contribution < -0.4 is 5.32 Å². The average Bonchev–Trinajstić information content (AvgIpc) is 2.55. The molecule has 0 aliphatic rings. The second-order valence-corrected chi connectivity index (χ2v) is 3.15. The summed E-state index contributed by atoms with van der Waals surface area (Å²) in [6.45, 7) is 8.64. The molecule has 0 aromatic carbocycles. The van der Waals surface area contributed by atoms with Crippen LogP contribution in [0.25, 0.3) is 0 Å². The van der Waals surface area contributed by atoms with E-state index in [0.717, 1.165) is 26.1 Å². The van der Waals surface area contributed by atoms with Gasteiger partial charge in [0.2, 0.25) is 0 Å². The van der Waals surface area contributed by atoms with Gasteiger partial charge in [-0.3, -0.25) is 4.68 Å². The van der Waals surface area contributed by atoms with Gasteiger partial charge in [-0.25, -0.2) is 0 Å². The summed E-state index contributed by atoms with van der Waals surface area (Å²) in [6.07, 6.45) is 4.64. The second kappa shape index (κ2) is 5.48. The largest absolute Gasteiger partial charge is 0.313 e. The second-order valence-electron chi connectivity index (χ2n) is 3.15. The molecule has 1 N–H and O–H groups in total. The molecule has 1 aromatic rings. The molecule has 0 saturated carbocycles. The van der Waals surface area contributed by atoms with E-state index in [9.17, 15) is 0 Å². The van der Waals surface area contributed by atoms with E-state index < -0.39 is 0 Å². The van der Waals surface area contributed by atoms with Crippen molar-refractivity contribution in [2.24, 2.45) is 0 Å². The van der Waals surface area contributed by atoms with Crippen molar-refractivity contribution in [3.63, 3.8) is 0 Å². The molecule has 0 radical (unpaired) electrons. The molecule has 1 aromatic heterocycles. The highest BCUT2D eigenvalue weighted by Crippen LogP contribution is 1.87. The van der Waals surface area contributed by atoms with Crippen LogP contribution in [0.2, 0.25) is 0 Å². The Labute approximate surface area is 78.6 Å². The fraction of sp³-hybridized carbons (Fsp3) is 0.556. The van der Waals surface area contributed by atoms with E-state index in [1.165, 1.54) is 5.57 Å². The van der Waals surface area contributed by atoms with Gasteiger partial charge in [0, 0.05) is 19.3 Å². The van der Waals surface area contributed by atoms with E-state index >= 15 is 0 Å². The molecule has 13 heavy (non-hydrogen) atoms. The number of rotatable bonds is 6. The van der Waals surface area contributed by atoms with Crippen molar-refractivity contribution in [2.75, 3.05) is 13.1 Å². The number of aryl methyl sites for hydroxylation is 1. The van der Waals surface area contributed by atoms with Crippen LogP contribution in [-0.2, 0) is 6.54 Å². The van der Waals surface area contributed by atoms with Crippen LogP contribution in [0.1, 0.15) is 13.3 Å². The molecule has 0 aliphatic heterocycles. The normalized spacial score (nSPS) is 10.2. The van der Waals surface area contributed by atoms with E-state index in [1.807, 2.05) is 17.8 Å². The van der Waals surface area contributed by atoms with Crippen molar-refractivity contribution < 1.29 is 0 Å². The first-order chi connectivity index (χ1) is 6.29. The summed E-state index contributed by atoms with van der Waals surface area (Å²) in [7, 11) is 0. The summed E-state index contributed by atoms with van der Waals surface area (Å²) in [5, 5.41) is 10.9. The fourth-order valence-electron chi connectivity index (χ4n) is 1.02. The number of hydrogen-bond donors (Lipinski definition) is 1. The van der Waals surface area contributed by atoms with Crippen molar-refractivity contribution in [3.05, 3.63) is 24.5 Å². The third-order valence-corrected chi connectivity index (χ3v) is 1.64. The maximum absolute atomic E-state index is 3.87. The van der Waals surface area contributed by atoms with Gasteiger partial charge in [-0.05, 0) is 19.9 Å². The first-order valence-electron chi connectivity index (χ1n) is 4.48. The highest BCUT2D eigenvalue weighted by molar-refractivity contribution is 4.90. The predicted molar refractivity (Wildman–Crippen MR) is 52.3 cm³/mol. The number of hydrogen-bond acceptors (Lipinski definition) is 3. The molecule has 4 nitrogen and oxygen atoms in total. The molecule has 72 valence electrons. The van der Waals surface area contributed by atoms with Crippen molar-refractivity contribution in [1.29, 1.82) is 0 Å². The zero-order chi connectivity index (χ0) is 9.52. The van der Waals surface area contributed by atoms with Gasteiger partial charge in [0.15, 0.2) is 0 Å². The monoisotopic (exact) mass is 180 g/mol. The Hall–Kier alpha value is -1.16. The van der Waals surface area contributed by atoms with Crippen LogP contribution in [0.5, 0.6) is 0 Å². The number of nitrogens with one attached hydrogen (secondary N) is 1. The molecule has 0 fully saturated rings. The van der Waals surface area contributed by atoms with Crippen molar-refractivity contribution in [1.82, 2.24) is 20.3 Å². The van der Waals surface area contributed by atoms with Gasteiger partial charge in [0.05, 0.1) is 6.20 Å². The quantitative estimate of drug-likeness (QED) is 0.521. The van der Waals surface area contributed by atoms with Crippen LogP contribution in [0.4, 0.5) is 0 Å². The minimum absolute atomic E-state index is 0.900. The SMILES string of the molecule is C=C(C)CNCCCn1ccnn1. The summed E-state index contributed by atoms with van der Waals surface area (Å²) < 4.78 is 1.84. The Bertz CT molecular complexity index is 240. The van der Waals surface area contributed by atoms with Gasteiger partial charge < -0.3 is 5.32 Å². The number of nitrogens with zero attached hydrogens (tertiary/aromatic N) is 3. The molecule has 0 aliphatic carbocycles. The summed E-state index contributed by atoms with van der Waals surface area (Å²) in [6, 6.07) is 0. The van der Waals surface area contributed by atoms with Gasteiger partial charge in [0.25, 0.3) is 0 Å². The molecule has 0 unspecified atom stereocenters. The Morgan fingerprint density at radius 3 is 3.08 bits per heavy atom. The Morgan fingerprint density at radius 1 is 1.62 bits per heavy atom. The maximum Gasteiger partial charge on any atom is 0.0692 e. The smallest absolute Gasteiger partial charge is 0.0692 e. The molecule has 0 atom stereocenters. The van der Waals surface area contributed by atoms with Gasteiger partial charge >= 0.3 is 0 Å². The maximum atomic E-state index is 3.87. The highest BCUT2D eigenvalue weighted by atomic mass is 15.4. The molecular weight excluding hydrogens is 164 g/mol. The first kappa shape index (κ1) is 9.92. The molecule has 4 heteroatoms. The lowest BCUT2D eigenvalue weighted by Gasteiger charge is -2.03. The Morgan fingerprint density at radius 2 is 2.46 bits per heavy atom. The lowest BCUT2D eigenvalue weighted by Crippen LogP contribution is -2.18. The van der Waals surface area contributed by atoms with Crippen LogP contribution in [0.3, 0.4) is 0 Å². The van der Waals surface area contributed by atoms with E-state index in [-0.39, 0.29) is 0 Å². The van der Waals surface area contributed by atoms with E-state index in [1.54, 1.807) is 6.20 Å². The number of aromatic nitrogens is 3. The molecule has 0 bridgehead atoms. The molecule has 0 spiro atoms. The Balaban J connectivity index is 1.99. The van der Waals surface area contributed by atoms with Crippen LogP contribution in [-0.4, -0.2) is 28.1 Å². The standard InChI is InChI=1S/C9H16N4/c1-9(2)8-10-4-3-6-13-7-5-11-12-13/h5,7,10H,1,3-4,6,8H2,2H3. The zero-order valence-electron chi connectivity index (χ0n) is 8.03. The Kier molecular flexibility index (Phi) is 4.18. The van der Waals surface area contributed by atoms with Crippen LogP contribution >= 0.6 is 0 Å². The van der Waals surface area contributed by atoms with Crippen molar-refractivity contribution in [3.8, 4) is 0 Å². The van der Waals surface area contributed by atoms with E-state index in [0.29, 0.717) is 0 Å². The lowest BCUT2D eigenvalue weighted by molar-refractivity contribution is 0.538. The van der Waals surface area contributed by atoms with Crippen LogP contribution in [0, 0.1) is 0 Å². The molecule has 1 rings (SSSR count). The minimum atomic E-state index is 0.900. The van der Waals surface area contributed by atoms with Gasteiger partial charge in [-0.2, -0.15) is 0 Å². The highest BCUT2D eigenvalue weighted by Gasteiger charge is 1.91. The van der Waals surface area contributed by atoms with Crippen molar-refractivity contribution >= 4 is 0 Å².